The molecular weight excluding hydrogens is 320 g/mol. The van der Waals surface area contributed by atoms with Gasteiger partial charge in [-0.15, -0.1) is 11.3 Å². The molecule has 0 saturated carbocycles. The Labute approximate surface area is 147 Å². The van der Waals surface area contributed by atoms with Gasteiger partial charge in [0.25, 0.3) is 5.91 Å². The number of carbonyl (C=O) groups excluding carboxylic acids is 1. The number of anilines is 1. The van der Waals surface area contributed by atoms with E-state index >= 15 is 0 Å². The van der Waals surface area contributed by atoms with Gasteiger partial charge in [0.15, 0.2) is 6.61 Å². The molecule has 2 rings (SSSR count). The second-order valence-electron chi connectivity index (χ2n) is 6.55. The smallest absolute Gasteiger partial charge is 0.262 e. The van der Waals surface area contributed by atoms with Crippen LogP contribution in [0.4, 0.5) is 5.00 Å². The largest absolute Gasteiger partial charge is 0.484 e. The molecule has 4 nitrogen and oxygen atoms in total. The van der Waals surface area contributed by atoms with Crippen LogP contribution in [-0.4, -0.2) is 12.5 Å². The molecule has 0 unspecified atom stereocenters. The third kappa shape index (κ3) is 4.36. The summed E-state index contributed by atoms with van der Waals surface area (Å²) in [5.74, 6) is 0.387. The van der Waals surface area contributed by atoms with Crippen LogP contribution in [0.5, 0.6) is 5.75 Å². The highest BCUT2D eigenvalue weighted by atomic mass is 32.1. The predicted molar refractivity (Wildman–Crippen MR) is 97.7 cm³/mol. The van der Waals surface area contributed by atoms with Crippen molar-refractivity contribution in [2.45, 2.75) is 39.5 Å². The quantitative estimate of drug-likeness (QED) is 0.870. The third-order valence-corrected chi connectivity index (χ3v) is 4.56. The average Bonchev–Trinajstić information content (AvgIpc) is 2.96. The summed E-state index contributed by atoms with van der Waals surface area (Å²) in [5.41, 5.74) is 2.57. The molecule has 1 N–H and O–H groups in total. The van der Waals surface area contributed by atoms with Crippen molar-refractivity contribution in [3.63, 3.8) is 0 Å². The summed E-state index contributed by atoms with van der Waals surface area (Å²) in [6, 6.07) is 9.88. The van der Waals surface area contributed by atoms with Gasteiger partial charge in [-0.3, -0.25) is 4.79 Å². The molecule has 24 heavy (non-hydrogen) atoms. The van der Waals surface area contributed by atoms with E-state index in [0.717, 1.165) is 12.0 Å². The Morgan fingerprint density at radius 3 is 2.50 bits per heavy atom. The number of rotatable bonds is 5. The van der Waals surface area contributed by atoms with Gasteiger partial charge in [0.05, 0.1) is 5.56 Å². The first-order valence-corrected chi connectivity index (χ1v) is 8.76. The zero-order valence-electron chi connectivity index (χ0n) is 14.5. The Bertz CT molecular complexity index is 749. The highest BCUT2D eigenvalue weighted by Crippen LogP contribution is 2.35. The molecule has 0 saturated heterocycles. The van der Waals surface area contributed by atoms with Gasteiger partial charge in [-0.05, 0) is 40.5 Å². The van der Waals surface area contributed by atoms with Crippen molar-refractivity contribution in [1.29, 1.82) is 5.26 Å². The Morgan fingerprint density at radius 1 is 1.29 bits per heavy atom. The fourth-order valence-electron chi connectivity index (χ4n) is 2.25. The van der Waals surface area contributed by atoms with Crippen molar-refractivity contribution in [1.82, 2.24) is 0 Å². The van der Waals surface area contributed by atoms with Crippen LogP contribution in [-0.2, 0) is 16.6 Å². The van der Waals surface area contributed by atoms with Crippen molar-refractivity contribution in [2.75, 3.05) is 11.9 Å². The van der Waals surface area contributed by atoms with E-state index in [1.165, 1.54) is 16.9 Å². The maximum atomic E-state index is 12.1. The second-order valence-corrected chi connectivity index (χ2v) is 7.43. The standard InChI is InChI=1S/C19H22N2O2S/c1-5-13-6-8-14(9-7-13)23-11-17(22)21-18-15(10-20)16(12-24-18)19(2,3)4/h6-9,12H,5,11H2,1-4H3,(H,21,22). The Morgan fingerprint density at radius 2 is 1.96 bits per heavy atom. The molecule has 1 amide bonds. The number of carbonyl (C=O) groups is 1. The first kappa shape index (κ1) is 18.0. The maximum Gasteiger partial charge on any atom is 0.262 e. The van der Waals surface area contributed by atoms with E-state index in [-0.39, 0.29) is 17.9 Å². The van der Waals surface area contributed by atoms with Crippen LogP contribution in [0.3, 0.4) is 0 Å². The molecule has 126 valence electrons. The maximum absolute atomic E-state index is 12.1. The topological polar surface area (TPSA) is 62.1 Å². The van der Waals surface area contributed by atoms with E-state index in [9.17, 15) is 10.1 Å². The van der Waals surface area contributed by atoms with E-state index in [1.54, 1.807) is 0 Å². The number of hydrogen-bond donors (Lipinski definition) is 1. The van der Waals surface area contributed by atoms with Gasteiger partial charge in [-0.1, -0.05) is 39.8 Å². The van der Waals surface area contributed by atoms with Crippen LogP contribution < -0.4 is 10.1 Å². The van der Waals surface area contributed by atoms with E-state index in [4.69, 9.17) is 4.74 Å². The second kappa shape index (κ2) is 7.50. The molecule has 0 bridgehead atoms. The number of hydrogen-bond acceptors (Lipinski definition) is 4. The lowest BCUT2D eigenvalue weighted by Crippen LogP contribution is -2.20. The summed E-state index contributed by atoms with van der Waals surface area (Å²) in [6.45, 7) is 8.14. The molecule has 2 aromatic rings. The van der Waals surface area contributed by atoms with Gasteiger partial charge in [-0.25, -0.2) is 0 Å². The summed E-state index contributed by atoms with van der Waals surface area (Å²) >= 11 is 1.37. The molecule has 1 aromatic carbocycles. The first-order chi connectivity index (χ1) is 11.3. The van der Waals surface area contributed by atoms with Gasteiger partial charge in [0.2, 0.25) is 0 Å². The van der Waals surface area contributed by atoms with E-state index in [2.05, 4.69) is 18.3 Å². The van der Waals surface area contributed by atoms with Crippen molar-refractivity contribution < 1.29 is 9.53 Å². The lowest BCUT2D eigenvalue weighted by Gasteiger charge is -2.17. The molecule has 0 aliphatic heterocycles. The molecule has 5 heteroatoms. The molecule has 0 aliphatic rings. The summed E-state index contributed by atoms with van der Waals surface area (Å²) in [6.07, 6.45) is 0.964. The van der Waals surface area contributed by atoms with Crippen LogP contribution in [0.15, 0.2) is 29.6 Å². The minimum atomic E-state index is -0.270. The zero-order valence-corrected chi connectivity index (χ0v) is 15.3. The molecule has 0 aliphatic carbocycles. The summed E-state index contributed by atoms with van der Waals surface area (Å²) in [4.78, 5) is 12.1. The molecule has 1 aromatic heterocycles. The average molecular weight is 342 g/mol. The van der Waals surface area contributed by atoms with E-state index < -0.39 is 0 Å². The highest BCUT2D eigenvalue weighted by Gasteiger charge is 2.23. The van der Waals surface area contributed by atoms with Gasteiger partial charge in [0, 0.05) is 0 Å². The van der Waals surface area contributed by atoms with Crippen LogP contribution in [0, 0.1) is 11.3 Å². The minimum Gasteiger partial charge on any atom is -0.484 e. The third-order valence-electron chi connectivity index (χ3n) is 3.67. The van der Waals surface area contributed by atoms with Crippen molar-refractivity contribution in [2.24, 2.45) is 0 Å². The Kier molecular flexibility index (Phi) is 5.63. The monoisotopic (exact) mass is 342 g/mol. The van der Waals surface area contributed by atoms with Crippen molar-refractivity contribution in [3.05, 3.63) is 46.3 Å². The number of thiophene rings is 1. The molecule has 1 heterocycles. The lowest BCUT2D eigenvalue weighted by atomic mass is 9.86. The molecule has 0 radical (unpaired) electrons. The number of nitrogens with one attached hydrogen (secondary N) is 1. The van der Waals surface area contributed by atoms with E-state index in [1.807, 2.05) is 50.4 Å². The molecule has 0 fully saturated rings. The summed E-state index contributed by atoms with van der Waals surface area (Å²) in [5, 5.41) is 14.7. The fourth-order valence-corrected chi connectivity index (χ4v) is 3.40. The normalized spacial score (nSPS) is 11.0. The van der Waals surface area contributed by atoms with E-state index in [0.29, 0.717) is 16.3 Å². The number of nitrogens with zero attached hydrogens (tertiary/aromatic N) is 1. The van der Waals surface area contributed by atoms with Crippen molar-refractivity contribution in [3.8, 4) is 11.8 Å². The van der Waals surface area contributed by atoms with Crippen molar-refractivity contribution >= 4 is 22.2 Å². The van der Waals surface area contributed by atoms with Gasteiger partial charge in [-0.2, -0.15) is 5.26 Å². The number of nitriles is 1. The molecule has 0 spiro atoms. The Balaban J connectivity index is 2.00. The fraction of sp³-hybridized carbons (Fsp3) is 0.368. The predicted octanol–water partition coefficient (Wildman–Crippen LogP) is 4.50. The number of aryl methyl sites for hydroxylation is 1. The Hall–Kier alpha value is -2.32. The molecule has 0 atom stereocenters. The number of benzene rings is 1. The summed E-state index contributed by atoms with van der Waals surface area (Å²) in [7, 11) is 0. The van der Waals surface area contributed by atoms with Gasteiger partial charge in [0.1, 0.15) is 16.8 Å². The van der Waals surface area contributed by atoms with Crippen LogP contribution in [0.25, 0.3) is 0 Å². The lowest BCUT2D eigenvalue weighted by molar-refractivity contribution is -0.118. The minimum absolute atomic E-state index is 0.0842. The highest BCUT2D eigenvalue weighted by molar-refractivity contribution is 7.14. The summed E-state index contributed by atoms with van der Waals surface area (Å²) < 4.78 is 5.50. The van der Waals surface area contributed by atoms with Crippen LogP contribution >= 0.6 is 11.3 Å². The van der Waals surface area contributed by atoms with Crippen LogP contribution in [0.1, 0.15) is 44.4 Å². The van der Waals surface area contributed by atoms with Crippen LogP contribution in [0.2, 0.25) is 0 Å². The number of amides is 1. The molecular formula is C19H22N2O2S. The zero-order chi connectivity index (χ0) is 17.7. The first-order valence-electron chi connectivity index (χ1n) is 7.88. The van der Waals surface area contributed by atoms with Gasteiger partial charge >= 0.3 is 0 Å². The van der Waals surface area contributed by atoms with Gasteiger partial charge < -0.3 is 10.1 Å². The number of ether oxygens (including phenoxy) is 1. The SMILES string of the molecule is CCc1ccc(OCC(=O)Nc2scc(C(C)(C)C)c2C#N)cc1.